The van der Waals surface area contributed by atoms with E-state index in [0.717, 1.165) is 111 Å². The summed E-state index contributed by atoms with van der Waals surface area (Å²) in [5.74, 6) is 0.0408. The third-order valence-electron chi connectivity index (χ3n) is 12.3. The van der Waals surface area contributed by atoms with Gasteiger partial charge in [0.1, 0.15) is 12.4 Å². The van der Waals surface area contributed by atoms with Crippen LogP contribution >= 0.6 is 0 Å². The predicted molar refractivity (Wildman–Crippen MR) is 243 cm³/mol. The summed E-state index contributed by atoms with van der Waals surface area (Å²) in [4.78, 5) is 28.8. The number of hydrogen-bond acceptors (Lipinski definition) is 8. The Morgan fingerprint density at radius 2 is 1.56 bits per heavy atom. The van der Waals surface area contributed by atoms with Crippen molar-refractivity contribution in [3.05, 3.63) is 126 Å². The van der Waals surface area contributed by atoms with Crippen LogP contribution in [0.25, 0.3) is 0 Å². The lowest BCUT2D eigenvalue weighted by Gasteiger charge is -2.20. The quantitative estimate of drug-likeness (QED) is 0.127. The molecule has 1 fully saturated rings. The van der Waals surface area contributed by atoms with Crippen LogP contribution in [0.15, 0.2) is 141 Å². The molecular formula is C51H66N4O4. The number of allylic oxidation sites excluding steroid dienone is 16. The largest absolute Gasteiger partial charge is 0.511 e. The molecule has 6 rings (SSSR count). The lowest BCUT2D eigenvalue weighted by atomic mass is 9.85. The number of esters is 1. The van der Waals surface area contributed by atoms with Crippen LogP contribution in [0.2, 0.25) is 0 Å². The average molecular weight is 799 g/mol. The van der Waals surface area contributed by atoms with Crippen molar-refractivity contribution in [2.45, 2.75) is 141 Å². The van der Waals surface area contributed by atoms with Gasteiger partial charge in [0, 0.05) is 52.8 Å². The van der Waals surface area contributed by atoms with E-state index in [1.807, 2.05) is 26.0 Å². The topological polar surface area (TPSA) is 116 Å². The van der Waals surface area contributed by atoms with Gasteiger partial charge in [-0.2, -0.15) is 0 Å². The second-order valence-corrected chi connectivity index (χ2v) is 18.8. The number of nitrogens with zero attached hydrogens (tertiary/aromatic N) is 3. The van der Waals surface area contributed by atoms with E-state index in [4.69, 9.17) is 19.7 Å². The third-order valence-corrected chi connectivity index (χ3v) is 12.3. The first kappa shape index (κ1) is 43.8. The van der Waals surface area contributed by atoms with Crippen LogP contribution < -0.4 is 5.32 Å². The van der Waals surface area contributed by atoms with Gasteiger partial charge in [-0.05, 0) is 146 Å². The van der Waals surface area contributed by atoms with Gasteiger partial charge in [0.2, 0.25) is 0 Å². The van der Waals surface area contributed by atoms with Gasteiger partial charge in [0.15, 0.2) is 0 Å². The highest BCUT2D eigenvalue weighted by molar-refractivity contribution is 6.21. The zero-order chi connectivity index (χ0) is 42.9. The van der Waals surface area contributed by atoms with Gasteiger partial charge in [-0.15, -0.1) is 0 Å². The number of aliphatic hydroxyl groups is 2. The number of hydrogen-bond donors (Lipinski definition) is 3. The van der Waals surface area contributed by atoms with Gasteiger partial charge in [0.05, 0.1) is 40.3 Å². The normalized spacial score (nSPS) is 22.5. The first-order valence-electron chi connectivity index (χ1n) is 21.6. The second-order valence-electron chi connectivity index (χ2n) is 18.8. The molecule has 3 unspecified atom stereocenters. The summed E-state index contributed by atoms with van der Waals surface area (Å²) in [5, 5.41) is 26.3. The number of fused-ring (bicyclic) bond motifs is 5. The smallest absolute Gasteiger partial charge is 0.306 e. The number of aliphatic imine (C=N–C) groups is 3. The molecule has 6 aliphatic rings. The van der Waals surface area contributed by atoms with Gasteiger partial charge in [-0.25, -0.2) is 15.0 Å². The number of carbonyl (C=O) groups excluding carboxylic acids is 1. The van der Waals surface area contributed by atoms with Crippen LogP contribution in [-0.4, -0.2) is 46.0 Å². The lowest BCUT2D eigenvalue weighted by Crippen LogP contribution is -2.16. The Bertz CT molecular complexity index is 2250. The molecule has 8 nitrogen and oxygen atoms in total. The molecule has 3 N–H and O–H groups in total. The van der Waals surface area contributed by atoms with Crippen LogP contribution in [0.3, 0.4) is 0 Å². The fraction of sp³-hybridized carbons (Fsp3) is 0.490. The predicted octanol–water partition coefficient (Wildman–Crippen LogP) is 11.8. The zero-order valence-electron chi connectivity index (χ0n) is 37.6. The second kappa shape index (κ2) is 17.8. The highest BCUT2D eigenvalue weighted by Crippen LogP contribution is 2.47. The minimum atomic E-state index is -0.726. The van der Waals surface area contributed by atoms with E-state index in [0.29, 0.717) is 24.3 Å². The van der Waals surface area contributed by atoms with Crippen molar-refractivity contribution in [2.24, 2.45) is 32.2 Å². The molecule has 8 heteroatoms. The molecule has 3 atom stereocenters. The summed E-state index contributed by atoms with van der Waals surface area (Å²) in [6.07, 6.45) is 18.2. The molecule has 0 aromatic carbocycles. The number of rotatable bonds is 13. The number of carbonyl (C=O) groups is 1. The van der Waals surface area contributed by atoms with Crippen molar-refractivity contribution >= 4 is 23.1 Å². The highest BCUT2D eigenvalue weighted by Gasteiger charge is 2.41. The van der Waals surface area contributed by atoms with Crippen LogP contribution in [0.1, 0.15) is 134 Å². The van der Waals surface area contributed by atoms with Gasteiger partial charge in [-0.1, -0.05) is 56.6 Å². The summed E-state index contributed by atoms with van der Waals surface area (Å²) >= 11 is 0. The van der Waals surface area contributed by atoms with E-state index >= 15 is 0 Å². The van der Waals surface area contributed by atoms with Crippen LogP contribution in [0, 0.1) is 17.3 Å². The molecular weight excluding hydrogens is 733 g/mol. The van der Waals surface area contributed by atoms with E-state index in [2.05, 4.69) is 91.9 Å². The van der Waals surface area contributed by atoms with Crippen LogP contribution in [0.4, 0.5) is 0 Å². The maximum atomic E-state index is 13.3. The van der Waals surface area contributed by atoms with Gasteiger partial charge < -0.3 is 20.3 Å². The maximum Gasteiger partial charge on any atom is 0.306 e. The minimum Gasteiger partial charge on any atom is -0.511 e. The Morgan fingerprint density at radius 3 is 2.24 bits per heavy atom. The SMILES string of the molecule is CC(C)=CCCC(C)=CCCC(C)=CCOC(=O)CCC1C2=C3CC(O)=C4C3=NC(=C4C)C=C3N=C(C=C4N=C(C=C(N2)C1C)C(C)=C4C(C)O)C(C)=C3CC(C)(C)C. The van der Waals surface area contributed by atoms with Crippen molar-refractivity contribution in [3.63, 3.8) is 0 Å². The molecule has 314 valence electrons. The van der Waals surface area contributed by atoms with Crippen molar-refractivity contribution in [1.29, 1.82) is 0 Å². The Kier molecular flexibility index (Phi) is 13.2. The van der Waals surface area contributed by atoms with Crippen molar-refractivity contribution in [2.75, 3.05) is 6.61 Å². The van der Waals surface area contributed by atoms with Gasteiger partial charge in [-0.3, -0.25) is 4.79 Å². The third kappa shape index (κ3) is 9.81. The zero-order valence-corrected chi connectivity index (χ0v) is 37.6. The summed E-state index contributed by atoms with van der Waals surface area (Å²) in [6, 6.07) is 0. The molecule has 0 aromatic heterocycles. The molecule has 0 amide bonds. The minimum absolute atomic E-state index is 0.00884. The molecule has 1 saturated heterocycles. The van der Waals surface area contributed by atoms with Crippen LogP contribution in [0.5, 0.6) is 0 Å². The van der Waals surface area contributed by atoms with Crippen molar-refractivity contribution in [1.82, 2.24) is 5.32 Å². The van der Waals surface area contributed by atoms with E-state index in [-0.39, 0.29) is 36.2 Å². The lowest BCUT2D eigenvalue weighted by molar-refractivity contribution is -0.142. The summed E-state index contributed by atoms with van der Waals surface area (Å²) in [6.45, 7) is 25.7. The molecule has 0 radical (unpaired) electrons. The molecule has 5 aliphatic heterocycles. The van der Waals surface area contributed by atoms with Gasteiger partial charge >= 0.3 is 5.97 Å². The molecule has 8 bridgehead atoms. The summed E-state index contributed by atoms with van der Waals surface area (Å²) in [5.41, 5.74) is 17.3. The first-order chi connectivity index (χ1) is 27.8. The fourth-order valence-corrected chi connectivity index (χ4v) is 8.92. The number of ether oxygens (including phenoxy) is 1. The van der Waals surface area contributed by atoms with E-state index in [9.17, 15) is 15.0 Å². The molecule has 59 heavy (non-hydrogen) atoms. The van der Waals surface area contributed by atoms with E-state index in [1.165, 1.54) is 16.7 Å². The molecule has 0 aromatic rings. The number of aliphatic hydroxyl groups excluding tert-OH is 2. The Labute approximate surface area is 352 Å². The Morgan fingerprint density at radius 1 is 0.898 bits per heavy atom. The Balaban J connectivity index is 1.29. The average Bonchev–Trinajstić information content (AvgIpc) is 3.89. The van der Waals surface area contributed by atoms with Crippen LogP contribution in [-0.2, 0) is 9.53 Å². The summed E-state index contributed by atoms with van der Waals surface area (Å²) < 4.78 is 5.75. The Hall–Kier alpha value is -4.82. The molecule has 0 saturated carbocycles. The molecule has 1 aliphatic carbocycles. The van der Waals surface area contributed by atoms with Gasteiger partial charge in [0.25, 0.3) is 0 Å². The molecule has 5 heterocycles. The van der Waals surface area contributed by atoms with Crippen molar-refractivity contribution in [3.8, 4) is 0 Å². The molecule has 0 spiro atoms. The van der Waals surface area contributed by atoms with E-state index in [1.54, 1.807) is 6.92 Å². The fourth-order valence-electron chi connectivity index (χ4n) is 8.92. The summed E-state index contributed by atoms with van der Waals surface area (Å²) in [7, 11) is 0. The monoisotopic (exact) mass is 799 g/mol. The highest BCUT2D eigenvalue weighted by atomic mass is 16.5. The number of nitrogens with one attached hydrogen (secondary N) is 1. The van der Waals surface area contributed by atoms with Crippen molar-refractivity contribution < 1.29 is 19.7 Å². The maximum absolute atomic E-state index is 13.3. The first-order valence-corrected chi connectivity index (χ1v) is 21.6. The standard InChI is InChI=1S/C51H66N4O4/c1-28(2)15-13-16-29(3)17-14-18-30(4)21-22-59-46(58)20-19-36-31(5)40-24-41-33(7)47(35(9)56)44(53-41)26-39-32(6)38(27-51(10,11)12)43(52-39)25-42-34(8)48-45(57)23-37(49(36)54-40)50(48)55-42/h15,17,21,24-26,31,35-36,54,56-57H,13-14,16,18-20,22-23,27H2,1-12H3. The van der Waals surface area contributed by atoms with E-state index < -0.39 is 6.10 Å².